The van der Waals surface area contributed by atoms with Crippen molar-refractivity contribution in [2.75, 3.05) is 0 Å². The Morgan fingerprint density at radius 1 is 0.651 bits per heavy atom. The van der Waals surface area contributed by atoms with Crippen molar-refractivity contribution in [2.45, 2.75) is 77.1 Å². The first-order chi connectivity index (χ1) is 29.9. The van der Waals surface area contributed by atoms with Crippen molar-refractivity contribution < 1.29 is 24.5 Å². The number of hydrogen-bond donors (Lipinski definition) is 0. The van der Waals surface area contributed by atoms with E-state index in [-0.39, 0.29) is 26.0 Å². The zero-order chi connectivity index (χ0) is 43.3. The van der Waals surface area contributed by atoms with Crippen LogP contribution in [0.3, 0.4) is 0 Å². The van der Waals surface area contributed by atoms with Gasteiger partial charge >= 0.3 is 126 Å². The molecule has 63 heavy (non-hydrogen) atoms. The van der Waals surface area contributed by atoms with Gasteiger partial charge in [0, 0.05) is 36.6 Å². The molecule has 0 bridgehead atoms. The summed E-state index contributed by atoms with van der Waals surface area (Å²) in [6.07, 6.45) is 3.27. The number of furan rings is 1. The summed E-state index contributed by atoms with van der Waals surface area (Å²) in [7, 11) is 0. The zero-order valence-corrected chi connectivity index (χ0v) is 42.2. The van der Waals surface area contributed by atoms with Crippen LogP contribution in [0.5, 0.6) is 0 Å². The van der Waals surface area contributed by atoms with E-state index in [4.69, 9.17) is 19.4 Å². The minimum absolute atomic E-state index is 0. The SMILES string of the molecule is CC(C)Cc1cc(-c2[c-]cccc2)nc[c]1[Ge]([CH3])([CH3])[CH3].CC(C)c1ccc2c(n1)oc1c(-c3nc4ccccc4n3-c3c(C(C)C)c4ccccc4c4ccccc34)[c-]ccc12.[Ir]. The topological polar surface area (TPSA) is 56.7 Å². The molecule has 10 aromatic rings. The molecular weight excluding hydrogens is 1010 g/mol. The Labute approximate surface area is 387 Å². The molecule has 0 saturated heterocycles. The van der Waals surface area contributed by atoms with Gasteiger partial charge < -0.3 is 8.98 Å². The van der Waals surface area contributed by atoms with Crippen LogP contribution in [0, 0.1) is 18.1 Å². The minimum atomic E-state index is -1.86. The van der Waals surface area contributed by atoms with Gasteiger partial charge in [-0.15, -0.1) is 18.2 Å². The van der Waals surface area contributed by atoms with Gasteiger partial charge in [0.15, 0.2) is 0 Å². The minimum Gasteiger partial charge on any atom is -0.486 e. The zero-order valence-electron chi connectivity index (χ0n) is 37.7. The molecule has 4 aromatic heterocycles. The summed E-state index contributed by atoms with van der Waals surface area (Å²) in [4.78, 5) is 14.8. The van der Waals surface area contributed by atoms with Gasteiger partial charge in [0.2, 0.25) is 5.71 Å². The van der Waals surface area contributed by atoms with Crippen LogP contribution in [0.2, 0.25) is 17.3 Å². The van der Waals surface area contributed by atoms with Crippen LogP contribution >= 0.6 is 0 Å². The molecule has 1 radical (unpaired) electrons. The van der Waals surface area contributed by atoms with Crippen LogP contribution in [0.4, 0.5) is 0 Å². The summed E-state index contributed by atoms with van der Waals surface area (Å²) in [5.41, 5.74) is 11.3. The number of rotatable bonds is 8. The van der Waals surface area contributed by atoms with Crippen LogP contribution in [0.15, 0.2) is 138 Å². The van der Waals surface area contributed by atoms with Crippen LogP contribution in [-0.2, 0) is 26.5 Å². The second kappa shape index (κ2) is 18.0. The monoisotopic (exact) mass is 1070 g/mol. The molecular formula is C56H54GeIrN4O-2. The standard InChI is InChI=1S/C38H30N3O.C18H24GeN.Ir/c1-22(2)31-21-20-29-28-16-11-17-30(36(28)42-38(29)40-31)37-39-32-18-9-10-19-33(32)41(37)35-27-15-8-6-13-25(27)24-12-5-7-14-26(24)34(35)23(3)4;1-14(2)11-16-12-18(15-9-7-6-8-10-15)20-13-17(16)19(3,4)5;/h5-16,18-23H,1-4H3;6-9,12-14H,11H2,1-5H3;/q2*-1;. The summed E-state index contributed by atoms with van der Waals surface area (Å²) < 4.78 is 10.4. The Bertz CT molecular complexity index is 3250. The Balaban J connectivity index is 0.000000219. The van der Waals surface area contributed by atoms with Crippen molar-refractivity contribution in [3.05, 3.63) is 163 Å². The van der Waals surface area contributed by atoms with Crippen molar-refractivity contribution in [3.8, 4) is 28.3 Å². The van der Waals surface area contributed by atoms with Crippen LogP contribution < -0.4 is 4.40 Å². The molecule has 10 rings (SSSR count). The van der Waals surface area contributed by atoms with E-state index >= 15 is 0 Å². The maximum Gasteiger partial charge on any atom is 0.216 e. The number of imidazole rings is 1. The number of pyridine rings is 2. The van der Waals surface area contributed by atoms with E-state index in [0.717, 1.165) is 67.8 Å². The summed E-state index contributed by atoms with van der Waals surface area (Å²) in [6.45, 7) is 13.4. The maximum atomic E-state index is 6.56. The molecule has 0 spiro atoms. The number of hydrogen-bond acceptors (Lipinski definition) is 4. The fourth-order valence-corrected chi connectivity index (χ4v) is 12.3. The average molecular weight is 1060 g/mol. The molecule has 0 unspecified atom stereocenters. The van der Waals surface area contributed by atoms with Crippen molar-refractivity contribution in [1.82, 2.24) is 19.5 Å². The molecule has 0 N–H and O–H groups in total. The predicted molar refractivity (Wildman–Crippen MR) is 264 cm³/mol. The molecule has 0 aliphatic carbocycles. The summed E-state index contributed by atoms with van der Waals surface area (Å²) >= 11 is -1.86. The molecule has 6 aromatic carbocycles. The number of aromatic nitrogens is 4. The molecule has 4 heterocycles. The molecule has 0 amide bonds. The van der Waals surface area contributed by atoms with E-state index in [1.54, 1.807) is 4.40 Å². The third-order valence-corrected chi connectivity index (χ3v) is 16.2. The summed E-state index contributed by atoms with van der Waals surface area (Å²) in [5.74, 6) is 9.39. The maximum absolute atomic E-state index is 6.56. The Kier molecular flexibility index (Phi) is 12.6. The van der Waals surface area contributed by atoms with Gasteiger partial charge in [-0.05, 0) is 57.8 Å². The fourth-order valence-electron chi connectivity index (χ4n) is 9.00. The van der Waals surface area contributed by atoms with Gasteiger partial charge in [-0.2, -0.15) is 0 Å². The molecule has 5 nitrogen and oxygen atoms in total. The molecule has 0 atom stereocenters. The van der Waals surface area contributed by atoms with Crippen LogP contribution in [-0.4, -0.2) is 32.8 Å². The smallest absolute Gasteiger partial charge is 0.216 e. The summed E-state index contributed by atoms with van der Waals surface area (Å²) in [5, 5.41) is 6.99. The predicted octanol–water partition coefficient (Wildman–Crippen LogP) is 14.6. The summed E-state index contributed by atoms with van der Waals surface area (Å²) in [6, 6.07) is 51.3. The molecule has 0 fully saturated rings. The average Bonchev–Trinajstić information content (AvgIpc) is 3.84. The largest absolute Gasteiger partial charge is 0.486 e. The normalized spacial score (nSPS) is 11.9. The molecule has 0 saturated carbocycles. The Morgan fingerprint density at radius 2 is 1.33 bits per heavy atom. The van der Waals surface area contributed by atoms with Crippen LogP contribution in [0.25, 0.3) is 83.0 Å². The van der Waals surface area contributed by atoms with Gasteiger partial charge in [-0.3, -0.25) is 4.98 Å². The van der Waals surface area contributed by atoms with Crippen molar-refractivity contribution >= 4 is 72.3 Å². The molecule has 0 aliphatic heterocycles. The molecule has 0 aliphatic rings. The van der Waals surface area contributed by atoms with Gasteiger partial charge in [0.05, 0.1) is 28.1 Å². The van der Waals surface area contributed by atoms with Crippen molar-refractivity contribution in [2.24, 2.45) is 5.92 Å². The second-order valence-corrected chi connectivity index (χ2v) is 29.1. The van der Waals surface area contributed by atoms with E-state index in [1.165, 1.54) is 32.7 Å². The Hall–Kier alpha value is -5.40. The molecule has 319 valence electrons. The first-order valence-corrected chi connectivity index (χ1v) is 29.3. The third-order valence-electron chi connectivity index (χ3n) is 11.9. The van der Waals surface area contributed by atoms with Crippen LogP contribution in [0.1, 0.15) is 70.2 Å². The van der Waals surface area contributed by atoms with Gasteiger partial charge in [-0.25, -0.2) is 4.98 Å². The number of para-hydroxylation sites is 2. The first kappa shape index (κ1) is 44.2. The van der Waals surface area contributed by atoms with E-state index in [2.05, 4.69) is 179 Å². The quantitative estimate of drug-likeness (QED) is 0.0864. The van der Waals surface area contributed by atoms with Gasteiger partial charge in [0.25, 0.3) is 0 Å². The van der Waals surface area contributed by atoms with E-state index in [1.807, 2.05) is 30.3 Å². The number of benzene rings is 6. The van der Waals surface area contributed by atoms with Crippen molar-refractivity contribution in [1.29, 1.82) is 0 Å². The van der Waals surface area contributed by atoms with Gasteiger partial charge in [-0.1, -0.05) is 99.3 Å². The van der Waals surface area contributed by atoms with Gasteiger partial charge in [0.1, 0.15) is 0 Å². The van der Waals surface area contributed by atoms with E-state index in [0.29, 0.717) is 17.5 Å². The third kappa shape index (κ3) is 8.42. The Morgan fingerprint density at radius 3 is 2.02 bits per heavy atom. The number of fused-ring (bicyclic) bond motifs is 7. The van der Waals surface area contributed by atoms with Crippen molar-refractivity contribution in [3.63, 3.8) is 0 Å². The second-order valence-electron chi connectivity index (χ2n) is 18.6. The van der Waals surface area contributed by atoms with E-state index in [9.17, 15) is 0 Å². The number of nitrogens with zero attached hydrogens (tertiary/aromatic N) is 4. The fraction of sp³-hybridized carbons (Fsp3) is 0.232. The first-order valence-electron chi connectivity index (χ1n) is 22.0. The molecule has 7 heteroatoms. The van der Waals surface area contributed by atoms with E-state index < -0.39 is 13.3 Å².